The molecule has 0 amide bonds. The van der Waals surface area contributed by atoms with Crippen LogP contribution in [-0.4, -0.2) is 7.11 Å². The maximum atomic E-state index is 5.12. The van der Waals surface area contributed by atoms with Crippen LogP contribution in [0.2, 0.25) is 0 Å². The van der Waals surface area contributed by atoms with E-state index in [2.05, 4.69) is 24.3 Å². The summed E-state index contributed by atoms with van der Waals surface area (Å²) in [5, 5.41) is 0. The molecule has 2 aromatic rings. The molecule has 2 rings (SSSR count). The molecule has 0 saturated carbocycles. The minimum absolute atomic E-state index is 0. The van der Waals surface area contributed by atoms with Gasteiger partial charge in [-0.1, -0.05) is 24.3 Å². The predicted octanol–water partition coefficient (Wildman–Crippen LogP) is -0.306. The monoisotopic (exact) mass is 353 g/mol. The lowest BCUT2D eigenvalue weighted by Crippen LogP contribution is -3.00. The molecular formula is C15H16INO. The molecule has 0 aliphatic rings. The minimum atomic E-state index is 0. The number of aromatic nitrogens is 1. The molecule has 18 heavy (non-hydrogen) atoms. The Kier molecular flexibility index (Phi) is 5.85. The van der Waals surface area contributed by atoms with Gasteiger partial charge in [-0.05, 0) is 23.3 Å². The van der Waals surface area contributed by atoms with E-state index in [0.29, 0.717) is 0 Å². The molecule has 1 aromatic carbocycles. The fourth-order valence-electron chi connectivity index (χ4n) is 1.53. The third kappa shape index (κ3) is 4.14. The highest BCUT2D eigenvalue weighted by atomic mass is 127. The van der Waals surface area contributed by atoms with E-state index in [-0.39, 0.29) is 24.0 Å². The zero-order valence-corrected chi connectivity index (χ0v) is 12.7. The van der Waals surface area contributed by atoms with Gasteiger partial charge in [0.25, 0.3) is 0 Å². The van der Waals surface area contributed by atoms with Crippen molar-refractivity contribution in [2.75, 3.05) is 7.11 Å². The quantitative estimate of drug-likeness (QED) is 0.545. The van der Waals surface area contributed by atoms with Crippen molar-refractivity contribution in [1.82, 2.24) is 0 Å². The molecule has 0 fully saturated rings. The molecule has 0 aliphatic heterocycles. The maximum Gasteiger partial charge on any atom is 0.169 e. The van der Waals surface area contributed by atoms with E-state index in [1.165, 1.54) is 11.1 Å². The van der Waals surface area contributed by atoms with Gasteiger partial charge in [-0.3, -0.25) is 0 Å². The molecule has 0 unspecified atom stereocenters. The topological polar surface area (TPSA) is 13.1 Å². The molecule has 0 bridgehead atoms. The van der Waals surface area contributed by atoms with Gasteiger partial charge in [-0.25, -0.2) is 4.57 Å². The van der Waals surface area contributed by atoms with Gasteiger partial charge >= 0.3 is 0 Å². The van der Waals surface area contributed by atoms with E-state index >= 15 is 0 Å². The second-order valence-corrected chi connectivity index (χ2v) is 3.90. The average molecular weight is 353 g/mol. The number of hydrogen-bond donors (Lipinski definition) is 0. The number of rotatable bonds is 3. The summed E-state index contributed by atoms with van der Waals surface area (Å²) in [6.45, 7) is 0. The Balaban J connectivity index is 0.00000162. The van der Waals surface area contributed by atoms with Crippen molar-refractivity contribution < 1.29 is 33.3 Å². The fraction of sp³-hybridized carbons (Fsp3) is 0.133. The Bertz CT molecular complexity index is 503. The van der Waals surface area contributed by atoms with Crippen molar-refractivity contribution in [3.63, 3.8) is 0 Å². The summed E-state index contributed by atoms with van der Waals surface area (Å²) in [4.78, 5) is 0. The first-order valence-corrected chi connectivity index (χ1v) is 5.55. The Morgan fingerprint density at radius 3 is 1.89 bits per heavy atom. The predicted molar refractivity (Wildman–Crippen MR) is 69.5 cm³/mol. The maximum absolute atomic E-state index is 5.12. The molecule has 3 heteroatoms. The highest BCUT2D eigenvalue weighted by molar-refractivity contribution is 5.69. The Hall–Kier alpha value is -1.36. The van der Waals surface area contributed by atoms with Crippen LogP contribution in [0.15, 0.2) is 48.8 Å². The van der Waals surface area contributed by atoms with Gasteiger partial charge < -0.3 is 28.7 Å². The first-order valence-electron chi connectivity index (χ1n) is 5.55. The minimum Gasteiger partial charge on any atom is -1.00 e. The van der Waals surface area contributed by atoms with Crippen LogP contribution in [0.25, 0.3) is 12.2 Å². The van der Waals surface area contributed by atoms with Crippen molar-refractivity contribution in [1.29, 1.82) is 0 Å². The van der Waals surface area contributed by atoms with E-state index in [9.17, 15) is 0 Å². The highest BCUT2D eigenvalue weighted by Crippen LogP contribution is 2.13. The van der Waals surface area contributed by atoms with Crippen LogP contribution >= 0.6 is 0 Å². The van der Waals surface area contributed by atoms with Crippen LogP contribution in [0.3, 0.4) is 0 Å². The summed E-state index contributed by atoms with van der Waals surface area (Å²) < 4.78 is 7.14. The molecule has 94 valence electrons. The lowest BCUT2D eigenvalue weighted by atomic mass is 10.1. The van der Waals surface area contributed by atoms with Crippen LogP contribution in [0.1, 0.15) is 11.1 Å². The molecule has 0 saturated heterocycles. The number of pyridine rings is 1. The molecule has 0 atom stereocenters. The first kappa shape index (κ1) is 14.7. The molecule has 2 nitrogen and oxygen atoms in total. The second-order valence-electron chi connectivity index (χ2n) is 3.90. The summed E-state index contributed by atoms with van der Waals surface area (Å²) in [5.41, 5.74) is 2.36. The number of methoxy groups -OCH3 is 1. The largest absolute Gasteiger partial charge is 1.00 e. The van der Waals surface area contributed by atoms with Gasteiger partial charge in [0.1, 0.15) is 12.8 Å². The smallest absolute Gasteiger partial charge is 0.169 e. The van der Waals surface area contributed by atoms with E-state index in [1.54, 1.807) is 7.11 Å². The van der Waals surface area contributed by atoms with Gasteiger partial charge in [0.2, 0.25) is 0 Å². The van der Waals surface area contributed by atoms with Gasteiger partial charge in [-0.15, -0.1) is 0 Å². The zero-order chi connectivity index (χ0) is 12.1. The normalized spacial score (nSPS) is 10.1. The number of ether oxygens (including phenoxy) is 1. The number of hydrogen-bond acceptors (Lipinski definition) is 1. The lowest BCUT2D eigenvalue weighted by molar-refractivity contribution is -0.671. The van der Waals surface area contributed by atoms with E-state index in [1.807, 2.05) is 48.3 Å². The van der Waals surface area contributed by atoms with Crippen molar-refractivity contribution in [3.05, 3.63) is 59.9 Å². The van der Waals surface area contributed by atoms with Crippen molar-refractivity contribution in [2.45, 2.75) is 0 Å². The summed E-state index contributed by atoms with van der Waals surface area (Å²) in [6, 6.07) is 12.2. The lowest BCUT2D eigenvalue weighted by Gasteiger charge is -1.99. The summed E-state index contributed by atoms with van der Waals surface area (Å²) in [6.07, 6.45) is 8.26. The highest BCUT2D eigenvalue weighted by Gasteiger charge is 1.92. The second kappa shape index (κ2) is 7.16. The number of halogens is 1. The SMILES string of the molecule is COc1ccc(C=Cc2cc[n+](C)cc2)cc1.[I-]. The first-order chi connectivity index (χ1) is 8.28. The standard InChI is InChI=1S/C15H16NO.HI/c1-16-11-9-14(10-12-16)4-3-13-5-7-15(17-2)8-6-13;/h3-12H,1-2H3;1H/q+1;/p-1. The average Bonchev–Trinajstić information content (AvgIpc) is 2.39. The Morgan fingerprint density at radius 1 is 0.889 bits per heavy atom. The van der Waals surface area contributed by atoms with Crippen LogP contribution in [-0.2, 0) is 7.05 Å². The van der Waals surface area contributed by atoms with Crippen molar-refractivity contribution in [2.24, 2.45) is 7.05 Å². The summed E-state index contributed by atoms with van der Waals surface area (Å²) in [7, 11) is 3.69. The van der Waals surface area contributed by atoms with E-state index in [4.69, 9.17) is 4.74 Å². The van der Waals surface area contributed by atoms with E-state index in [0.717, 1.165) is 5.75 Å². The number of benzene rings is 1. The summed E-state index contributed by atoms with van der Waals surface area (Å²) >= 11 is 0. The molecule has 0 spiro atoms. The van der Waals surface area contributed by atoms with Crippen LogP contribution in [0, 0.1) is 0 Å². The molecule has 1 heterocycles. The van der Waals surface area contributed by atoms with Crippen molar-refractivity contribution in [3.8, 4) is 5.75 Å². The zero-order valence-electron chi connectivity index (χ0n) is 10.5. The Labute approximate surface area is 125 Å². The van der Waals surface area contributed by atoms with Crippen LogP contribution < -0.4 is 33.3 Å². The van der Waals surface area contributed by atoms with Crippen molar-refractivity contribution >= 4 is 12.2 Å². The van der Waals surface area contributed by atoms with Gasteiger partial charge in [-0.2, -0.15) is 0 Å². The number of nitrogens with zero attached hydrogens (tertiary/aromatic N) is 1. The van der Waals surface area contributed by atoms with E-state index < -0.39 is 0 Å². The van der Waals surface area contributed by atoms with Crippen LogP contribution in [0.4, 0.5) is 0 Å². The van der Waals surface area contributed by atoms with Gasteiger partial charge in [0.15, 0.2) is 12.4 Å². The van der Waals surface area contributed by atoms with Gasteiger partial charge in [0, 0.05) is 12.1 Å². The molecule has 0 N–H and O–H groups in total. The fourth-order valence-corrected chi connectivity index (χ4v) is 1.53. The van der Waals surface area contributed by atoms with Gasteiger partial charge in [0.05, 0.1) is 7.11 Å². The molecule has 1 aromatic heterocycles. The Morgan fingerprint density at radius 2 is 1.39 bits per heavy atom. The van der Waals surface area contributed by atoms with Crippen LogP contribution in [0.5, 0.6) is 5.75 Å². The summed E-state index contributed by atoms with van der Waals surface area (Å²) in [5.74, 6) is 0.883. The molecule has 0 radical (unpaired) electrons. The molecule has 0 aliphatic carbocycles. The third-order valence-electron chi connectivity index (χ3n) is 2.59. The molecular weight excluding hydrogens is 337 g/mol. The number of aryl methyl sites for hydroxylation is 1. The third-order valence-corrected chi connectivity index (χ3v) is 2.59.